The van der Waals surface area contributed by atoms with Gasteiger partial charge < -0.3 is 9.84 Å². The smallest absolute Gasteiger partial charge is 0.142 e. The summed E-state index contributed by atoms with van der Waals surface area (Å²) >= 11 is 0. The molecule has 0 fully saturated rings. The zero-order valence-electron chi connectivity index (χ0n) is 7.59. The molecule has 0 bridgehead atoms. The molecule has 0 saturated heterocycles. The van der Waals surface area contributed by atoms with Gasteiger partial charge in [-0.2, -0.15) is 0 Å². The number of methoxy groups -OCH3 is 1. The number of aromatic hydroxyl groups is 1. The predicted octanol–water partition coefficient (Wildman–Crippen LogP) is 1.55. The Balaban J connectivity index is 3.14. The highest BCUT2D eigenvalue weighted by Crippen LogP contribution is 2.23. The number of aromatic nitrogens is 1. The van der Waals surface area contributed by atoms with Crippen molar-refractivity contribution in [2.75, 3.05) is 7.11 Å². The lowest BCUT2D eigenvalue weighted by atomic mass is 10.1. The number of nitrogens with zero attached hydrogens (tertiary/aromatic N) is 1. The van der Waals surface area contributed by atoms with E-state index in [0.29, 0.717) is 12.3 Å². The summed E-state index contributed by atoms with van der Waals surface area (Å²) in [6.45, 7) is 4.11. The summed E-state index contributed by atoms with van der Waals surface area (Å²) in [4.78, 5) is 4.02. The van der Waals surface area contributed by atoms with E-state index in [9.17, 15) is 5.11 Å². The molecule has 0 aliphatic rings. The Bertz CT molecular complexity index is 284. The number of pyridine rings is 1. The van der Waals surface area contributed by atoms with Crippen molar-refractivity contribution in [3.05, 3.63) is 23.0 Å². The number of rotatable bonds is 2. The Morgan fingerprint density at radius 3 is 2.75 bits per heavy atom. The molecular formula is C9H13NO2. The van der Waals surface area contributed by atoms with Crippen LogP contribution in [-0.4, -0.2) is 17.2 Å². The van der Waals surface area contributed by atoms with Crippen molar-refractivity contribution in [3.8, 4) is 5.75 Å². The topological polar surface area (TPSA) is 42.4 Å². The first kappa shape index (κ1) is 9.00. The fourth-order valence-electron chi connectivity index (χ4n) is 1.06. The highest BCUT2D eigenvalue weighted by Gasteiger charge is 2.07. The molecular weight excluding hydrogens is 154 g/mol. The van der Waals surface area contributed by atoms with Crippen molar-refractivity contribution in [3.63, 3.8) is 0 Å². The summed E-state index contributed by atoms with van der Waals surface area (Å²) < 4.78 is 4.96. The van der Waals surface area contributed by atoms with Gasteiger partial charge in [-0.3, -0.25) is 4.98 Å². The van der Waals surface area contributed by atoms with Crippen molar-refractivity contribution in [2.45, 2.75) is 20.5 Å². The van der Waals surface area contributed by atoms with E-state index in [1.807, 2.05) is 6.92 Å². The molecule has 1 rings (SSSR count). The minimum Gasteiger partial charge on any atom is -0.506 e. The van der Waals surface area contributed by atoms with Crippen LogP contribution < -0.4 is 0 Å². The molecule has 0 atom stereocenters. The van der Waals surface area contributed by atoms with Gasteiger partial charge in [-0.25, -0.2) is 0 Å². The Labute approximate surface area is 72.0 Å². The number of aryl methyl sites for hydroxylation is 2. The number of ether oxygens (including phenoxy) is 1. The summed E-state index contributed by atoms with van der Waals surface area (Å²) in [6.07, 6.45) is 1.74. The quantitative estimate of drug-likeness (QED) is 0.726. The van der Waals surface area contributed by atoms with E-state index in [1.165, 1.54) is 0 Å². The van der Waals surface area contributed by atoms with Crippen molar-refractivity contribution in [1.29, 1.82) is 0 Å². The standard InChI is InChI=1S/C9H13NO2/c1-6-4-10-7(2)9(11)8(6)5-12-3/h4,11H,5H2,1-3H3. The molecule has 0 amide bonds. The summed E-state index contributed by atoms with van der Waals surface area (Å²) in [7, 11) is 1.61. The number of hydrogen-bond acceptors (Lipinski definition) is 3. The van der Waals surface area contributed by atoms with E-state index in [4.69, 9.17) is 4.74 Å². The van der Waals surface area contributed by atoms with Crippen LogP contribution in [0.3, 0.4) is 0 Å². The summed E-state index contributed by atoms with van der Waals surface area (Å²) in [5.74, 6) is 0.247. The van der Waals surface area contributed by atoms with Crippen LogP contribution in [0.1, 0.15) is 16.8 Å². The molecule has 0 aliphatic heterocycles. The molecule has 1 N–H and O–H groups in total. The van der Waals surface area contributed by atoms with Gasteiger partial charge in [0, 0.05) is 18.9 Å². The minimum atomic E-state index is 0.247. The molecule has 1 aromatic rings. The zero-order chi connectivity index (χ0) is 9.14. The van der Waals surface area contributed by atoms with Crippen molar-refractivity contribution < 1.29 is 9.84 Å². The van der Waals surface area contributed by atoms with Crippen molar-refractivity contribution in [2.24, 2.45) is 0 Å². The van der Waals surface area contributed by atoms with Gasteiger partial charge in [0.25, 0.3) is 0 Å². The Morgan fingerprint density at radius 2 is 2.17 bits per heavy atom. The zero-order valence-corrected chi connectivity index (χ0v) is 7.59. The highest BCUT2D eigenvalue weighted by molar-refractivity contribution is 5.39. The van der Waals surface area contributed by atoms with Crippen LogP contribution in [0, 0.1) is 13.8 Å². The van der Waals surface area contributed by atoms with Gasteiger partial charge in [0.15, 0.2) is 0 Å². The largest absolute Gasteiger partial charge is 0.506 e. The van der Waals surface area contributed by atoms with E-state index < -0.39 is 0 Å². The molecule has 0 saturated carbocycles. The second-order valence-corrected chi connectivity index (χ2v) is 2.79. The van der Waals surface area contributed by atoms with Gasteiger partial charge in [0.2, 0.25) is 0 Å². The second-order valence-electron chi connectivity index (χ2n) is 2.79. The van der Waals surface area contributed by atoms with E-state index in [1.54, 1.807) is 20.2 Å². The highest BCUT2D eigenvalue weighted by atomic mass is 16.5. The molecule has 1 aromatic heterocycles. The predicted molar refractivity (Wildman–Crippen MR) is 46.1 cm³/mol. The van der Waals surface area contributed by atoms with Gasteiger partial charge in [-0.05, 0) is 19.4 Å². The third-order valence-electron chi connectivity index (χ3n) is 1.85. The first-order valence-electron chi connectivity index (χ1n) is 3.79. The fourth-order valence-corrected chi connectivity index (χ4v) is 1.06. The monoisotopic (exact) mass is 167 g/mol. The Hall–Kier alpha value is -1.09. The summed E-state index contributed by atoms with van der Waals surface area (Å²) in [5, 5.41) is 9.57. The second kappa shape index (κ2) is 3.54. The average molecular weight is 167 g/mol. The van der Waals surface area contributed by atoms with Crippen molar-refractivity contribution in [1.82, 2.24) is 4.98 Å². The maximum Gasteiger partial charge on any atom is 0.142 e. The number of hydrogen-bond donors (Lipinski definition) is 1. The van der Waals surface area contributed by atoms with Crippen LogP contribution in [0.2, 0.25) is 0 Å². The molecule has 0 aliphatic carbocycles. The maximum absolute atomic E-state index is 9.57. The molecule has 1 heterocycles. The average Bonchev–Trinajstić information content (AvgIpc) is 2.06. The Kier molecular flexibility index (Phi) is 2.65. The van der Waals surface area contributed by atoms with Gasteiger partial charge in [-0.1, -0.05) is 0 Å². The van der Waals surface area contributed by atoms with Crippen molar-refractivity contribution >= 4 is 0 Å². The Morgan fingerprint density at radius 1 is 1.50 bits per heavy atom. The third-order valence-corrected chi connectivity index (χ3v) is 1.85. The van der Waals surface area contributed by atoms with E-state index in [2.05, 4.69) is 4.98 Å². The van der Waals surface area contributed by atoms with Crippen LogP contribution in [-0.2, 0) is 11.3 Å². The maximum atomic E-state index is 9.57. The van der Waals surface area contributed by atoms with E-state index >= 15 is 0 Å². The third kappa shape index (κ3) is 1.56. The van der Waals surface area contributed by atoms with Gasteiger partial charge >= 0.3 is 0 Å². The minimum absolute atomic E-state index is 0.247. The van der Waals surface area contributed by atoms with Crippen LogP contribution in [0.15, 0.2) is 6.20 Å². The van der Waals surface area contributed by atoms with Gasteiger partial charge in [0.05, 0.1) is 12.3 Å². The SMILES string of the molecule is COCc1c(C)cnc(C)c1O. The molecule has 3 nitrogen and oxygen atoms in total. The molecule has 66 valence electrons. The van der Waals surface area contributed by atoms with Crippen LogP contribution >= 0.6 is 0 Å². The molecule has 0 unspecified atom stereocenters. The van der Waals surface area contributed by atoms with Crippen LogP contribution in [0.5, 0.6) is 5.75 Å². The summed E-state index contributed by atoms with van der Waals surface area (Å²) in [6, 6.07) is 0. The summed E-state index contributed by atoms with van der Waals surface area (Å²) in [5.41, 5.74) is 2.43. The van der Waals surface area contributed by atoms with Crippen LogP contribution in [0.25, 0.3) is 0 Å². The van der Waals surface area contributed by atoms with E-state index in [0.717, 1.165) is 11.1 Å². The van der Waals surface area contributed by atoms with Gasteiger partial charge in [0.1, 0.15) is 5.75 Å². The van der Waals surface area contributed by atoms with Gasteiger partial charge in [-0.15, -0.1) is 0 Å². The molecule has 0 radical (unpaired) electrons. The first-order chi connectivity index (χ1) is 5.66. The lowest BCUT2D eigenvalue weighted by Gasteiger charge is -2.08. The molecule has 3 heteroatoms. The first-order valence-corrected chi connectivity index (χ1v) is 3.79. The fraction of sp³-hybridized carbons (Fsp3) is 0.444. The normalized spacial score (nSPS) is 10.2. The molecule has 0 spiro atoms. The molecule has 12 heavy (non-hydrogen) atoms. The van der Waals surface area contributed by atoms with E-state index in [-0.39, 0.29) is 5.75 Å². The lowest BCUT2D eigenvalue weighted by Crippen LogP contribution is -1.96. The van der Waals surface area contributed by atoms with Crippen LogP contribution in [0.4, 0.5) is 0 Å². The lowest BCUT2D eigenvalue weighted by molar-refractivity contribution is 0.181. The molecule has 0 aromatic carbocycles.